The Balaban J connectivity index is 1.86. The van der Waals surface area contributed by atoms with Crippen LogP contribution in [0.2, 0.25) is 5.02 Å². The van der Waals surface area contributed by atoms with Gasteiger partial charge in [-0.05, 0) is 24.3 Å². The molecule has 1 fully saturated rings. The highest BCUT2D eigenvalue weighted by Gasteiger charge is 2.26. The predicted octanol–water partition coefficient (Wildman–Crippen LogP) is 3.39. The number of nitrogens with one attached hydrogen (secondary N) is 1. The van der Waals surface area contributed by atoms with Crippen LogP contribution in [0.25, 0.3) is 0 Å². The van der Waals surface area contributed by atoms with Crippen molar-refractivity contribution in [3.05, 3.63) is 34.6 Å². The lowest BCUT2D eigenvalue weighted by molar-refractivity contribution is 0.0240. The average Bonchev–Trinajstić information content (AvgIpc) is 2.35. The van der Waals surface area contributed by atoms with Crippen LogP contribution in [-0.4, -0.2) is 19.8 Å². The SMILES string of the molecule is CC1(CNCc2cccc(Cl)c2F)CCOCC1. The Hall–Kier alpha value is -0.640. The lowest BCUT2D eigenvalue weighted by atomic mass is 9.82. The number of rotatable bonds is 4. The number of hydrogen-bond donors (Lipinski definition) is 1. The van der Waals surface area contributed by atoms with E-state index in [2.05, 4.69) is 12.2 Å². The third-order valence-corrected chi connectivity index (χ3v) is 3.89. The molecule has 1 aliphatic heterocycles. The Kier molecular flexibility index (Phi) is 4.60. The van der Waals surface area contributed by atoms with Crippen molar-refractivity contribution in [1.82, 2.24) is 5.32 Å². The van der Waals surface area contributed by atoms with Crippen LogP contribution in [0.5, 0.6) is 0 Å². The third-order valence-electron chi connectivity index (χ3n) is 3.60. The van der Waals surface area contributed by atoms with Crippen LogP contribution >= 0.6 is 11.6 Å². The number of hydrogen-bond acceptors (Lipinski definition) is 2. The van der Waals surface area contributed by atoms with Crippen molar-refractivity contribution in [2.45, 2.75) is 26.3 Å². The van der Waals surface area contributed by atoms with Gasteiger partial charge in [-0.2, -0.15) is 0 Å². The minimum absolute atomic E-state index is 0.187. The Labute approximate surface area is 112 Å². The summed E-state index contributed by atoms with van der Waals surface area (Å²) in [6.07, 6.45) is 2.11. The van der Waals surface area contributed by atoms with E-state index in [1.165, 1.54) is 0 Å². The summed E-state index contributed by atoms with van der Waals surface area (Å²) in [5.41, 5.74) is 0.881. The second-order valence-corrected chi connectivity index (χ2v) is 5.65. The van der Waals surface area contributed by atoms with Crippen LogP contribution in [0.3, 0.4) is 0 Å². The second kappa shape index (κ2) is 6.00. The quantitative estimate of drug-likeness (QED) is 0.906. The van der Waals surface area contributed by atoms with E-state index in [4.69, 9.17) is 16.3 Å². The topological polar surface area (TPSA) is 21.3 Å². The van der Waals surface area contributed by atoms with Gasteiger partial charge < -0.3 is 10.1 Å². The van der Waals surface area contributed by atoms with E-state index in [-0.39, 0.29) is 16.3 Å². The molecule has 0 aliphatic carbocycles. The summed E-state index contributed by atoms with van der Waals surface area (Å²) in [6, 6.07) is 5.11. The van der Waals surface area contributed by atoms with Crippen molar-refractivity contribution >= 4 is 11.6 Å². The van der Waals surface area contributed by atoms with E-state index in [1.807, 2.05) is 0 Å². The molecule has 100 valence electrons. The fourth-order valence-corrected chi connectivity index (χ4v) is 2.42. The fraction of sp³-hybridized carbons (Fsp3) is 0.571. The normalized spacial score (nSPS) is 18.8. The van der Waals surface area contributed by atoms with Crippen molar-refractivity contribution in [1.29, 1.82) is 0 Å². The molecule has 0 aromatic heterocycles. The van der Waals surface area contributed by atoms with Gasteiger partial charge in [0, 0.05) is 31.9 Å². The zero-order valence-corrected chi connectivity index (χ0v) is 11.4. The molecule has 2 nitrogen and oxygen atoms in total. The summed E-state index contributed by atoms with van der Waals surface area (Å²) < 4.78 is 19.0. The standard InChI is InChI=1S/C14H19ClFNO/c1-14(5-7-18-8-6-14)10-17-9-11-3-2-4-12(15)13(11)16/h2-4,17H,5-10H2,1H3. The van der Waals surface area contributed by atoms with E-state index in [0.29, 0.717) is 12.1 Å². The molecule has 0 saturated carbocycles. The van der Waals surface area contributed by atoms with Gasteiger partial charge in [0.05, 0.1) is 5.02 Å². The molecule has 1 saturated heterocycles. The predicted molar refractivity (Wildman–Crippen MR) is 71.3 cm³/mol. The first-order valence-electron chi connectivity index (χ1n) is 6.32. The van der Waals surface area contributed by atoms with Crippen molar-refractivity contribution in [3.63, 3.8) is 0 Å². The maximum atomic E-state index is 13.7. The van der Waals surface area contributed by atoms with Crippen LogP contribution in [0.4, 0.5) is 4.39 Å². The first-order valence-corrected chi connectivity index (χ1v) is 6.70. The minimum Gasteiger partial charge on any atom is -0.381 e. The molecule has 1 aliphatic rings. The van der Waals surface area contributed by atoms with Crippen LogP contribution in [0, 0.1) is 11.2 Å². The molecule has 4 heteroatoms. The zero-order valence-electron chi connectivity index (χ0n) is 10.6. The Bertz CT molecular complexity index is 405. The monoisotopic (exact) mass is 271 g/mol. The lowest BCUT2D eigenvalue weighted by Crippen LogP contribution is -2.36. The number of benzene rings is 1. The third kappa shape index (κ3) is 3.44. The van der Waals surface area contributed by atoms with Gasteiger partial charge in [-0.3, -0.25) is 0 Å². The molecule has 1 aromatic carbocycles. The van der Waals surface area contributed by atoms with Gasteiger partial charge >= 0.3 is 0 Å². The molecule has 1 N–H and O–H groups in total. The van der Waals surface area contributed by atoms with Crippen molar-refractivity contribution in [2.24, 2.45) is 5.41 Å². The number of ether oxygens (including phenoxy) is 1. The van der Waals surface area contributed by atoms with Gasteiger partial charge in [-0.25, -0.2) is 4.39 Å². The van der Waals surface area contributed by atoms with Crippen molar-refractivity contribution in [3.8, 4) is 0 Å². The van der Waals surface area contributed by atoms with E-state index in [9.17, 15) is 4.39 Å². The molecular weight excluding hydrogens is 253 g/mol. The highest BCUT2D eigenvalue weighted by Crippen LogP contribution is 2.28. The van der Waals surface area contributed by atoms with Gasteiger partial charge in [0.15, 0.2) is 0 Å². The van der Waals surface area contributed by atoms with Crippen LogP contribution in [0.1, 0.15) is 25.3 Å². The van der Waals surface area contributed by atoms with E-state index in [0.717, 1.165) is 32.6 Å². The molecule has 18 heavy (non-hydrogen) atoms. The lowest BCUT2D eigenvalue weighted by Gasteiger charge is -2.33. The molecule has 0 atom stereocenters. The molecule has 0 radical (unpaired) electrons. The summed E-state index contributed by atoms with van der Waals surface area (Å²) in [4.78, 5) is 0. The molecule has 1 heterocycles. The maximum absolute atomic E-state index is 13.7. The van der Waals surface area contributed by atoms with Gasteiger partial charge in [-0.1, -0.05) is 30.7 Å². The van der Waals surface area contributed by atoms with E-state index < -0.39 is 0 Å². The van der Waals surface area contributed by atoms with Gasteiger partial charge in [0.2, 0.25) is 0 Å². The molecule has 1 aromatic rings. The zero-order chi connectivity index (χ0) is 13.0. The minimum atomic E-state index is -0.316. The molecule has 0 spiro atoms. The maximum Gasteiger partial charge on any atom is 0.146 e. The highest BCUT2D eigenvalue weighted by molar-refractivity contribution is 6.30. The van der Waals surface area contributed by atoms with E-state index >= 15 is 0 Å². The Morgan fingerprint density at radius 3 is 2.83 bits per heavy atom. The Morgan fingerprint density at radius 2 is 2.11 bits per heavy atom. The van der Waals surface area contributed by atoms with Crippen LogP contribution < -0.4 is 5.32 Å². The molecule has 0 amide bonds. The summed E-state index contributed by atoms with van der Waals surface area (Å²) >= 11 is 5.75. The summed E-state index contributed by atoms with van der Waals surface area (Å²) in [6.45, 7) is 5.29. The van der Waals surface area contributed by atoms with Gasteiger partial charge in [-0.15, -0.1) is 0 Å². The van der Waals surface area contributed by atoms with E-state index in [1.54, 1.807) is 18.2 Å². The summed E-state index contributed by atoms with van der Waals surface area (Å²) in [5.74, 6) is -0.316. The number of halogens is 2. The van der Waals surface area contributed by atoms with Gasteiger partial charge in [0.1, 0.15) is 5.82 Å². The summed E-state index contributed by atoms with van der Waals surface area (Å²) in [7, 11) is 0. The molecule has 2 rings (SSSR count). The average molecular weight is 272 g/mol. The second-order valence-electron chi connectivity index (χ2n) is 5.24. The molecule has 0 unspecified atom stereocenters. The summed E-state index contributed by atoms with van der Waals surface area (Å²) in [5, 5.41) is 3.51. The Morgan fingerprint density at radius 1 is 1.39 bits per heavy atom. The molecule has 0 bridgehead atoms. The van der Waals surface area contributed by atoms with Gasteiger partial charge in [0.25, 0.3) is 0 Å². The first-order chi connectivity index (χ1) is 8.61. The largest absolute Gasteiger partial charge is 0.381 e. The fourth-order valence-electron chi connectivity index (χ4n) is 2.22. The molecular formula is C14H19ClFNO. The highest BCUT2D eigenvalue weighted by atomic mass is 35.5. The van der Waals surface area contributed by atoms with Crippen LogP contribution in [0.15, 0.2) is 18.2 Å². The van der Waals surface area contributed by atoms with Crippen molar-refractivity contribution < 1.29 is 9.13 Å². The smallest absolute Gasteiger partial charge is 0.146 e. The van der Waals surface area contributed by atoms with Crippen molar-refractivity contribution in [2.75, 3.05) is 19.8 Å². The van der Waals surface area contributed by atoms with Crippen LogP contribution in [-0.2, 0) is 11.3 Å². The first kappa shape index (κ1) is 13.8.